The summed E-state index contributed by atoms with van der Waals surface area (Å²) in [6.45, 7) is 3.25. The molecule has 1 aromatic carbocycles. The average molecular weight is 515 g/mol. The second-order valence-corrected chi connectivity index (χ2v) is 7.92. The van der Waals surface area contributed by atoms with Crippen molar-refractivity contribution in [1.29, 1.82) is 0 Å². The molecule has 1 amide bonds. The van der Waals surface area contributed by atoms with Crippen molar-refractivity contribution in [1.82, 2.24) is 20.1 Å². The van der Waals surface area contributed by atoms with Gasteiger partial charge in [0.15, 0.2) is 0 Å². The Balaban J connectivity index is 1.48. The van der Waals surface area contributed by atoms with E-state index in [0.717, 1.165) is 6.07 Å². The van der Waals surface area contributed by atoms with Gasteiger partial charge in [0.1, 0.15) is 30.3 Å². The first kappa shape index (κ1) is 24.5. The van der Waals surface area contributed by atoms with Crippen LogP contribution in [0.1, 0.15) is 25.8 Å². The number of cyclic esters (lactones) is 1. The predicted octanol–water partition coefficient (Wildman–Crippen LogP) is 3.96. The van der Waals surface area contributed by atoms with Gasteiger partial charge in [-0.3, -0.25) is 4.90 Å². The van der Waals surface area contributed by atoms with Crippen LogP contribution in [0, 0.1) is 0 Å². The monoisotopic (exact) mass is 514 g/mol. The summed E-state index contributed by atoms with van der Waals surface area (Å²) >= 11 is 5.88. The maximum atomic E-state index is 12.4. The third kappa shape index (κ3) is 5.54. The van der Waals surface area contributed by atoms with E-state index in [1.54, 1.807) is 13.8 Å². The second kappa shape index (κ2) is 9.54. The number of ether oxygens (including phenoxy) is 2. The minimum atomic E-state index is -4.88. The van der Waals surface area contributed by atoms with Crippen molar-refractivity contribution in [2.24, 2.45) is 0 Å². The van der Waals surface area contributed by atoms with Gasteiger partial charge >= 0.3 is 12.5 Å². The number of carbonyl (C=O) groups is 1. The molecule has 11 nitrogen and oxygen atoms in total. The summed E-state index contributed by atoms with van der Waals surface area (Å²) < 4.78 is 51.4. The first-order chi connectivity index (χ1) is 16.5. The maximum absolute atomic E-state index is 12.4. The fourth-order valence-electron chi connectivity index (χ4n) is 3.24. The van der Waals surface area contributed by atoms with E-state index in [1.165, 1.54) is 29.3 Å². The molecule has 1 saturated heterocycles. The lowest BCUT2D eigenvalue weighted by Crippen LogP contribution is -2.41. The number of hydrogen-bond acceptors (Lipinski definition) is 10. The van der Waals surface area contributed by atoms with Crippen LogP contribution in [0.15, 0.2) is 35.0 Å². The van der Waals surface area contributed by atoms with Gasteiger partial charge < -0.3 is 24.4 Å². The minimum absolute atomic E-state index is 0.0256. The molecule has 0 spiro atoms. The van der Waals surface area contributed by atoms with E-state index in [2.05, 4.69) is 30.2 Å². The Hall–Kier alpha value is -3.65. The number of aliphatic hydroxyl groups is 1. The van der Waals surface area contributed by atoms with Gasteiger partial charge in [-0.15, -0.1) is 13.2 Å². The number of rotatable bonds is 7. The number of alkyl halides is 3. The highest BCUT2D eigenvalue weighted by molar-refractivity contribution is 6.32. The van der Waals surface area contributed by atoms with Gasteiger partial charge in [0, 0.05) is 11.8 Å². The van der Waals surface area contributed by atoms with Crippen LogP contribution in [0.4, 0.5) is 29.7 Å². The van der Waals surface area contributed by atoms with E-state index in [0.29, 0.717) is 5.56 Å². The summed E-state index contributed by atoms with van der Waals surface area (Å²) in [6, 6.07) is 3.88. The Labute approximate surface area is 200 Å². The normalized spacial score (nSPS) is 17.7. The van der Waals surface area contributed by atoms with Crippen molar-refractivity contribution < 1.29 is 37.1 Å². The largest absolute Gasteiger partial charge is 0.573 e. The molecule has 0 unspecified atom stereocenters. The molecule has 0 radical (unpaired) electrons. The Bertz CT molecular complexity index is 1220. The minimum Gasteiger partial charge on any atom is -0.447 e. The zero-order chi connectivity index (χ0) is 25.3. The smallest absolute Gasteiger partial charge is 0.447 e. The molecule has 1 aliphatic heterocycles. The zero-order valence-electron chi connectivity index (χ0n) is 18.2. The lowest BCUT2D eigenvalue weighted by Gasteiger charge is -2.22. The SMILES string of the molecule is C[C@H](Nc1nccc(N2C(=O)OC[C@@H]2[C@@H](C)O)n1)c1nc(-c2ccc(OC(F)(F)F)c(Cl)c2)no1. The van der Waals surface area contributed by atoms with Crippen molar-refractivity contribution >= 4 is 29.5 Å². The number of anilines is 2. The summed E-state index contributed by atoms with van der Waals surface area (Å²) in [4.78, 5) is 26.0. The average Bonchev–Trinajstić information content (AvgIpc) is 3.42. The number of nitrogens with zero attached hydrogens (tertiary/aromatic N) is 5. The quantitative estimate of drug-likeness (QED) is 0.476. The highest BCUT2D eigenvalue weighted by atomic mass is 35.5. The third-order valence-electron chi connectivity index (χ3n) is 4.92. The second-order valence-electron chi connectivity index (χ2n) is 7.51. The standard InChI is InChI=1S/C20H18ClF3N6O5/c1-9(26-18-25-6-5-15(27-18)30-13(10(2)31)8-33-19(30)32)17-28-16(29-35-17)11-3-4-14(12(21)7-11)34-20(22,23)24/h3-7,9-10,13,31H,8H2,1-2H3,(H,25,26,27)/t9-,10+,13+/m0/s1. The van der Waals surface area contributed by atoms with Gasteiger partial charge in [0.05, 0.1) is 11.1 Å². The summed E-state index contributed by atoms with van der Waals surface area (Å²) in [5.74, 6) is 0.0191. The molecule has 0 aliphatic carbocycles. The number of amides is 1. The molecule has 4 rings (SSSR count). The van der Waals surface area contributed by atoms with Gasteiger partial charge in [0.25, 0.3) is 0 Å². The fourth-order valence-corrected chi connectivity index (χ4v) is 3.46. The topological polar surface area (TPSA) is 136 Å². The van der Waals surface area contributed by atoms with Crippen molar-refractivity contribution in [3.05, 3.63) is 41.4 Å². The number of aliphatic hydroxyl groups excluding tert-OH is 1. The first-order valence-corrected chi connectivity index (χ1v) is 10.5. The molecule has 0 bridgehead atoms. The number of benzene rings is 1. The molecule has 1 aliphatic rings. The van der Waals surface area contributed by atoms with Crippen LogP contribution in [0.2, 0.25) is 5.02 Å². The summed E-state index contributed by atoms with van der Waals surface area (Å²) in [5.41, 5.74) is 0.307. The first-order valence-electron chi connectivity index (χ1n) is 10.1. The molecule has 1 fully saturated rings. The van der Waals surface area contributed by atoms with Crippen LogP contribution >= 0.6 is 11.6 Å². The fraction of sp³-hybridized carbons (Fsp3) is 0.350. The molecule has 15 heteroatoms. The summed E-state index contributed by atoms with van der Waals surface area (Å²) in [7, 11) is 0. The van der Waals surface area contributed by atoms with E-state index in [-0.39, 0.29) is 35.1 Å². The van der Waals surface area contributed by atoms with Crippen LogP contribution in [0.3, 0.4) is 0 Å². The predicted molar refractivity (Wildman–Crippen MR) is 115 cm³/mol. The molecular formula is C20H18ClF3N6O5. The van der Waals surface area contributed by atoms with Gasteiger partial charge in [-0.1, -0.05) is 16.8 Å². The van der Waals surface area contributed by atoms with Crippen molar-refractivity contribution in [2.75, 3.05) is 16.8 Å². The molecule has 3 atom stereocenters. The molecule has 3 heterocycles. The highest BCUT2D eigenvalue weighted by Crippen LogP contribution is 2.33. The van der Waals surface area contributed by atoms with Gasteiger partial charge in [-0.25, -0.2) is 9.78 Å². The summed E-state index contributed by atoms with van der Waals surface area (Å²) in [5, 5.41) is 16.4. The molecule has 186 valence electrons. The zero-order valence-corrected chi connectivity index (χ0v) is 18.9. The van der Waals surface area contributed by atoms with E-state index in [9.17, 15) is 23.1 Å². The molecule has 35 heavy (non-hydrogen) atoms. The van der Waals surface area contributed by atoms with Gasteiger partial charge in [-0.2, -0.15) is 9.97 Å². The van der Waals surface area contributed by atoms with Crippen molar-refractivity contribution in [3.63, 3.8) is 0 Å². The van der Waals surface area contributed by atoms with Crippen LogP contribution in [0.25, 0.3) is 11.4 Å². The molecule has 2 N–H and O–H groups in total. The highest BCUT2D eigenvalue weighted by Gasteiger charge is 2.38. The Morgan fingerprint density at radius 2 is 2.06 bits per heavy atom. The van der Waals surface area contributed by atoms with Crippen molar-refractivity contribution in [3.8, 4) is 17.1 Å². The Morgan fingerprint density at radius 3 is 2.74 bits per heavy atom. The lowest BCUT2D eigenvalue weighted by molar-refractivity contribution is -0.274. The molecule has 2 aromatic heterocycles. The summed E-state index contributed by atoms with van der Waals surface area (Å²) in [6.07, 6.45) is -4.93. The van der Waals surface area contributed by atoms with Crippen molar-refractivity contribution in [2.45, 2.75) is 38.4 Å². The number of hydrogen-bond donors (Lipinski definition) is 2. The Kier molecular flexibility index (Phi) is 6.67. The van der Waals surface area contributed by atoms with Gasteiger partial charge in [0.2, 0.25) is 17.7 Å². The van der Waals surface area contributed by atoms with E-state index < -0.39 is 36.4 Å². The third-order valence-corrected chi connectivity index (χ3v) is 5.22. The van der Waals surface area contributed by atoms with Crippen LogP contribution in [0.5, 0.6) is 5.75 Å². The van der Waals surface area contributed by atoms with E-state index >= 15 is 0 Å². The number of carbonyl (C=O) groups excluding carboxylic acids is 1. The Morgan fingerprint density at radius 1 is 1.29 bits per heavy atom. The van der Waals surface area contributed by atoms with Crippen LogP contribution in [-0.4, -0.2) is 56.4 Å². The number of aromatic nitrogens is 4. The van der Waals surface area contributed by atoms with Crippen LogP contribution in [-0.2, 0) is 4.74 Å². The molecule has 3 aromatic rings. The van der Waals surface area contributed by atoms with Crippen LogP contribution < -0.4 is 15.0 Å². The van der Waals surface area contributed by atoms with Gasteiger partial charge in [-0.05, 0) is 38.1 Å². The van der Waals surface area contributed by atoms with E-state index in [4.69, 9.17) is 20.9 Å². The number of nitrogens with one attached hydrogen (secondary N) is 1. The lowest BCUT2D eigenvalue weighted by atomic mass is 10.2. The molecular weight excluding hydrogens is 497 g/mol. The molecule has 0 saturated carbocycles. The maximum Gasteiger partial charge on any atom is 0.573 e. The van der Waals surface area contributed by atoms with E-state index in [1.807, 2.05) is 0 Å². The number of halogens is 4.